The predicted octanol–water partition coefficient (Wildman–Crippen LogP) is 3.31. The molecule has 0 aliphatic rings. The zero-order valence-electron chi connectivity index (χ0n) is 12.4. The van der Waals surface area contributed by atoms with Crippen molar-refractivity contribution < 1.29 is 19.2 Å². The number of rotatable bonds is 9. The van der Waals surface area contributed by atoms with E-state index in [0.29, 0.717) is 30.2 Å². The number of carboxylic acids is 1. The zero-order valence-corrected chi connectivity index (χ0v) is 12.4. The van der Waals surface area contributed by atoms with Crippen molar-refractivity contribution in [1.82, 2.24) is 4.98 Å². The summed E-state index contributed by atoms with van der Waals surface area (Å²) in [6.07, 6.45) is 3.99. The Morgan fingerprint density at radius 1 is 1.26 bits per heavy atom. The molecular formula is C15H17N3O5. The molecule has 0 unspecified atom stereocenters. The van der Waals surface area contributed by atoms with Gasteiger partial charge in [0.1, 0.15) is 6.26 Å². The topological polar surface area (TPSA) is 119 Å². The summed E-state index contributed by atoms with van der Waals surface area (Å²) in [5, 5.41) is 22.2. The van der Waals surface area contributed by atoms with Gasteiger partial charge in [0.25, 0.3) is 5.69 Å². The van der Waals surface area contributed by atoms with Crippen molar-refractivity contribution in [2.24, 2.45) is 0 Å². The molecule has 122 valence electrons. The van der Waals surface area contributed by atoms with E-state index in [-0.39, 0.29) is 12.1 Å². The van der Waals surface area contributed by atoms with Gasteiger partial charge in [0.2, 0.25) is 5.89 Å². The van der Waals surface area contributed by atoms with Gasteiger partial charge in [-0.25, -0.2) is 0 Å². The lowest BCUT2D eigenvalue weighted by Gasteiger charge is -2.01. The molecule has 2 aromatic rings. The maximum atomic E-state index is 10.6. The lowest BCUT2D eigenvalue weighted by atomic mass is 10.2. The van der Waals surface area contributed by atoms with E-state index in [0.717, 1.165) is 12.8 Å². The highest BCUT2D eigenvalue weighted by Gasteiger charge is 2.09. The summed E-state index contributed by atoms with van der Waals surface area (Å²) in [7, 11) is 0. The van der Waals surface area contributed by atoms with Crippen LogP contribution in [0.15, 0.2) is 34.9 Å². The number of nitrogens with zero attached hydrogens (tertiary/aromatic N) is 2. The molecule has 0 bridgehead atoms. The fourth-order valence-electron chi connectivity index (χ4n) is 2.01. The lowest BCUT2D eigenvalue weighted by molar-refractivity contribution is -0.384. The number of aromatic nitrogens is 1. The molecule has 0 radical (unpaired) electrons. The normalized spacial score (nSPS) is 10.4. The minimum atomic E-state index is -0.776. The van der Waals surface area contributed by atoms with Gasteiger partial charge >= 0.3 is 5.97 Å². The molecule has 1 aromatic carbocycles. The van der Waals surface area contributed by atoms with Crippen LogP contribution in [0.25, 0.3) is 11.5 Å². The van der Waals surface area contributed by atoms with Gasteiger partial charge < -0.3 is 14.8 Å². The molecule has 0 spiro atoms. The summed E-state index contributed by atoms with van der Waals surface area (Å²) in [6, 6.07) is 5.96. The second kappa shape index (κ2) is 7.92. The van der Waals surface area contributed by atoms with Crippen molar-refractivity contribution in [3.05, 3.63) is 40.6 Å². The van der Waals surface area contributed by atoms with E-state index in [1.807, 2.05) is 0 Å². The van der Waals surface area contributed by atoms with Crippen LogP contribution in [0.5, 0.6) is 0 Å². The Labute approximate surface area is 132 Å². The first-order chi connectivity index (χ1) is 11.1. The van der Waals surface area contributed by atoms with Gasteiger partial charge in [-0.05, 0) is 25.0 Å². The van der Waals surface area contributed by atoms with Gasteiger partial charge in [0.15, 0.2) is 5.82 Å². The van der Waals surface area contributed by atoms with Crippen LogP contribution in [0.4, 0.5) is 11.5 Å². The number of hydrogen-bond donors (Lipinski definition) is 2. The van der Waals surface area contributed by atoms with E-state index < -0.39 is 10.9 Å². The van der Waals surface area contributed by atoms with Crippen molar-refractivity contribution in [3.8, 4) is 11.5 Å². The summed E-state index contributed by atoms with van der Waals surface area (Å²) in [4.78, 5) is 24.8. The summed E-state index contributed by atoms with van der Waals surface area (Å²) in [5.74, 6) is 0.187. The molecule has 8 heteroatoms. The van der Waals surface area contributed by atoms with Gasteiger partial charge in [0.05, 0.1) is 4.92 Å². The molecule has 0 aliphatic carbocycles. The Morgan fingerprint density at radius 2 is 2.00 bits per heavy atom. The molecular weight excluding hydrogens is 302 g/mol. The average molecular weight is 319 g/mol. The van der Waals surface area contributed by atoms with Gasteiger partial charge in [-0.2, -0.15) is 4.98 Å². The summed E-state index contributed by atoms with van der Waals surface area (Å²) < 4.78 is 5.34. The van der Waals surface area contributed by atoms with Crippen LogP contribution >= 0.6 is 0 Å². The number of carboxylic acid groups (broad SMARTS) is 1. The van der Waals surface area contributed by atoms with E-state index in [4.69, 9.17) is 9.52 Å². The molecule has 0 atom stereocenters. The molecule has 2 N–H and O–H groups in total. The molecule has 1 aromatic heterocycles. The number of non-ortho nitro benzene ring substituents is 1. The maximum absolute atomic E-state index is 10.6. The number of aliphatic carboxylic acids is 1. The van der Waals surface area contributed by atoms with E-state index in [1.54, 1.807) is 12.1 Å². The largest absolute Gasteiger partial charge is 0.481 e. The predicted molar refractivity (Wildman–Crippen MR) is 83.2 cm³/mol. The molecule has 0 fully saturated rings. The van der Waals surface area contributed by atoms with E-state index in [9.17, 15) is 14.9 Å². The first-order valence-corrected chi connectivity index (χ1v) is 7.22. The third-order valence-corrected chi connectivity index (χ3v) is 3.20. The second-order valence-corrected chi connectivity index (χ2v) is 4.97. The number of nitrogens with one attached hydrogen (secondary N) is 1. The van der Waals surface area contributed by atoms with Gasteiger partial charge in [0, 0.05) is 30.7 Å². The number of nitro benzene ring substituents is 1. The van der Waals surface area contributed by atoms with Crippen molar-refractivity contribution in [2.45, 2.75) is 25.7 Å². The number of unbranched alkanes of at least 4 members (excludes halogenated alkanes) is 2. The molecule has 2 rings (SSSR count). The van der Waals surface area contributed by atoms with E-state index in [1.165, 1.54) is 18.4 Å². The fourth-order valence-corrected chi connectivity index (χ4v) is 2.01. The third-order valence-electron chi connectivity index (χ3n) is 3.20. The number of carbonyl (C=O) groups is 1. The number of benzene rings is 1. The minimum absolute atomic E-state index is 0.0139. The highest BCUT2D eigenvalue weighted by atomic mass is 16.6. The van der Waals surface area contributed by atoms with Gasteiger partial charge in [-0.3, -0.25) is 14.9 Å². The van der Waals surface area contributed by atoms with Crippen LogP contribution in [0.1, 0.15) is 25.7 Å². The average Bonchev–Trinajstić information content (AvgIpc) is 2.99. The Kier molecular flexibility index (Phi) is 5.67. The van der Waals surface area contributed by atoms with Crippen molar-refractivity contribution in [2.75, 3.05) is 11.9 Å². The Morgan fingerprint density at radius 3 is 2.65 bits per heavy atom. The van der Waals surface area contributed by atoms with Crippen LogP contribution in [0, 0.1) is 10.1 Å². The number of nitro groups is 1. The van der Waals surface area contributed by atoms with Gasteiger partial charge in [-0.15, -0.1) is 0 Å². The van der Waals surface area contributed by atoms with Crippen LogP contribution in [-0.2, 0) is 4.79 Å². The first-order valence-electron chi connectivity index (χ1n) is 7.22. The SMILES string of the molecule is O=C(O)CCCCCNc1coc(-c2ccc([N+](=O)[O-])cc2)n1. The summed E-state index contributed by atoms with van der Waals surface area (Å²) >= 11 is 0. The van der Waals surface area contributed by atoms with Gasteiger partial charge in [-0.1, -0.05) is 6.42 Å². The summed E-state index contributed by atoms with van der Waals surface area (Å²) in [6.45, 7) is 0.672. The lowest BCUT2D eigenvalue weighted by Crippen LogP contribution is -2.02. The van der Waals surface area contributed by atoms with E-state index in [2.05, 4.69) is 10.3 Å². The Balaban J connectivity index is 1.81. The number of anilines is 1. The van der Waals surface area contributed by atoms with Crippen molar-refractivity contribution >= 4 is 17.5 Å². The highest BCUT2D eigenvalue weighted by molar-refractivity contribution is 5.66. The van der Waals surface area contributed by atoms with Crippen molar-refractivity contribution in [1.29, 1.82) is 0 Å². The number of oxazole rings is 1. The number of hydrogen-bond acceptors (Lipinski definition) is 6. The molecule has 0 saturated carbocycles. The van der Waals surface area contributed by atoms with E-state index >= 15 is 0 Å². The highest BCUT2D eigenvalue weighted by Crippen LogP contribution is 2.23. The monoisotopic (exact) mass is 319 g/mol. The molecule has 8 nitrogen and oxygen atoms in total. The standard InChI is InChI=1S/C15H17N3O5/c19-14(20)4-2-1-3-9-16-13-10-23-15(17-13)11-5-7-12(8-6-11)18(21)22/h5-8,10,16H,1-4,9H2,(H,19,20). The smallest absolute Gasteiger partial charge is 0.303 e. The van der Waals surface area contributed by atoms with Crippen LogP contribution in [-0.4, -0.2) is 27.5 Å². The summed E-state index contributed by atoms with van der Waals surface area (Å²) in [5.41, 5.74) is 0.671. The maximum Gasteiger partial charge on any atom is 0.303 e. The first kappa shape index (κ1) is 16.5. The van der Waals surface area contributed by atoms with Crippen LogP contribution in [0.3, 0.4) is 0 Å². The zero-order chi connectivity index (χ0) is 16.7. The second-order valence-electron chi connectivity index (χ2n) is 4.97. The minimum Gasteiger partial charge on any atom is -0.481 e. The Hall–Kier alpha value is -2.90. The van der Waals surface area contributed by atoms with Crippen molar-refractivity contribution in [3.63, 3.8) is 0 Å². The third kappa shape index (κ3) is 5.10. The quantitative estimate of drug-likeness (QED) is 0.413. The molecule has 0 amide bonds. The Bertz CT molecular complexity index is 666. The fraction of sp³-hybridized carbons (Fsp3) is 0.333. The molecule has 1 heterocycles. The van der Waals surface area contributed by atoms with Crippen LogP contribution < -0.4 is 5.32 Å². The van der Waals surface area contributed by atoms with Crippen LogP contribution in [0.2, 0.25) is 0 Å². The molecule has 23 heavy (non-hydrogen) atoms. The molecule has 0 saturated heterocycles. The molecule has 0 aliphatic heterocycles.